The van der Waals surface area contributed by atoms with Crippen molar-refractivity contribution in [3.05, 3.63) is 72.4 Å². The smallest absolute Gasteiger partial charge is 0.219 e. The van der Waals surface area contributed by atoms with E-state index in [9.17, 15) is 14.7 Å². The molecule has 0 bridgehead atoms. The normalized spacial score (nSPS) is 20.0. The van der Waals surface area contributed by atoms with E-state index in [4.69, 9.17) is 0 Å². The second kappa shape index (κ2) is 12.9. The summed E-state index contributed by atoms with van der Waals surface area (Å²) >= 11 is 0. The Hall–Kier alpha value is -2.46. The molecule has 1 aliphatic rings. The molecule has 1 aliphatic carbocycles. The van der Waals surface area contributed by atoms with Crippen LogP contribution in [0.25, 0.3) is 0 Å². The third-order valence-corrected chi connectivity index (χ3v) is 5.15. The standard InChI is InChI=1S/C25H33NO3/c1-2-26-25(29)13-9-4-3-8-12-23-21(16-19-24(23)28)15-18-22(27)17-14-20-10-6-5-7-11-20/h3,5-8,10-11,15-16,18-19,21-23,27H,2,4,9,12-14,17H2,1H3,(H,26,29)/b8-3?,18-15+/t21-,22-,23+/m0/s1. The van der Waals surface area contributed by atoms with Crippen LogP contribution in [0.1, 0.15) is 44.6 Å². The number of carbonyl (C=O) groups excluding carboxylic acids is 2. The molecule has 3 atom stereocenters. The van der Waals surface area contributed by atoms with E-state index in [1.807, 2.05) is 49.4 Å². The first-order valence-corrected chi connectivity index (χ1v) is 10.6. The van der Waals surface area contributed by atoms with Crippen LogP contribution in [-0.4, -0.2) is 29.4 Å². The fourth-order valence-corrected chi connectivity index (χ4v) is 3.46. The van der Waals surface area contributed by atoms with E-state index >= 15 is 0 Å². The number of rotatable bonds is 12. The molecule has 4 nitrogen and oxygen atoms in total. The van der Waals surface area contributed by atoms with Gasteiger partial charge in [-0.3, -0.25) is 9.59 Å². The molecule has 0 fully saturated rings. The Labute approximate surface area is 174 Å². The molecule has 156 valence electrons. The maximum Gasteiger partial charge on any atom is 0.219 e. The van der Waals surface area contributed by atoms with Crippen molar-refractivity contribution in [3.8, 4) is 0 Å². The summed E-state index contributed by atoms with van der Waals surface area (Å²) < 4.78 is 0. The maximum atomic E-state index is 12.2. The first-order valence-electron chi connectivity index (χ1n) is 10.6. The molecule has 1 aromatic carbocycles. The van der Waals surface area contributed by atoms with Gasteiger partial charge in [0.2, 0.25) is 5.91 Å². The highest BCUT2D eigenvalue weighted by Crippen LogP contribution is 2.27. The Morgan fingerprint density at radius 3 is 2.79 bits per heavy atom. The third kappa shape index (κ3) is 8.61. The number of aryl methyl sites for hydroxylation is 1. The molecule has 0 radical (unpaired) electrons. The van der Waals surface area contributed by atoms with Gasteiger partial charge in [-0.05, 0) is 50.7 Å². The Morgan fingerprint density at radius 2 is 2.03 bits per heavy atom. The number of nitrogens with one attached hydrogen (secondary N) is 1. The summed E-state index contributed by atoms with van der Waals surface area (Å²) in [5.74, 6) is 0.179. The van der Waals surface area contributed by atoms with Crippen LogP contribution in [0.15, 0.2) is 66.8 Å². The van der Waals surface area contributed by atoms with Crippen LogP contribution in [0, 0.1) is 11.8 Å². The van der Waals surface area contributed by atoms with E-state index in [0.29, 0.717) is 25.8 Å². The second-order valence-corrected chi connectivity index (χ2v) is 7.47. The average molecular weight is 396 g/mol. The van der Waals surface area contributed by atoms with Crippen LogP contribution in [0.4, 0.5) is 0 Å². The van der Waals surface area contributed by atoms with Crippen molar-refractivity contribution in [3.63, 3.8) is 0 Å². The number of carbonyl (C=O) groups is 2. The number of allylic oxidation sites excluding steroid dienone is 5. The molecule has 0 unspecified atom stereocenters. The van der Waals surface area contributed by atoms with E-state index in [1.54, 1.807) is 6.08 Å². The highest BCUT2D eigenvalue weighted by atomic mass is 16.3. The topological polar surface area (TPSA) is 66.4 Å². The lowest BCUT2D eigenvalue weighted by atomic mass is 9.90. The van der Waals surface area contributed by atoms with Crippen LogP contribution < -0.4 is 5.32 Å². The number of amides is 1. The summed E-state index contributed by atoms with van der Waals surface area (Å²) in [7, 11) is 0. The first kappa shape index (κ1) is 22.8. The molecule has 0 spiro atoms. The van der Waals surface area contributed by atoms with Crippen molar-refractivity contribution in [2.75, 3.05) is 6.54 Å². The highest BCUT2D eigenvalue weighted by Gasteiger charge is 2.27. The predicted octanol–water partition coefficient (Wildman–Crippen LogP) is 4.16. The number of hydrogen-bond donors (Lipinski definition) is 2. The van der Waals surface area contributed by atoms with Gasteiger partial charge in [0.15, 0.2) is 5.78 Å². The van der Waals surface area contributed by atoms with Crippen molar-refractivity contribution in [1.29, 1.82) is 0 Å². The summed E-state index contributed by atoms with van der Waals surface area (Å²) in [5, 5.41) is 13.0. The van der Waals surface area contributed by atoms with E-state index < -0.39 is 6.10 Å². The van der Waals surface area contributed by atoms with Crippen LogP contribution in [0.2, 0.25) is 0 Å². The molecule has 2 N–H and O–H groups in total. The fraction of sp³-hybridized carbons (Fsp3) is 0.440. The highest BCUT2D eigenvalue weighted by molar-refractivity contribution is 5.95. The van der Waals surface area contributed by atoms with Crippen molar-refractivity contribution in [1.82, 2.24) is 5.32 Å². The van der Waals surface area contributed by atoms with Gasteiger partial charge in [0.1, 0.15) is 0 Å². The van der Waals surface area contributed by atoms with Crippen molar-refractivity contribution >= 4 is 11.7 Å². The summed E-state index contributed by atoms with van der Waals surface area (Å²) in [5.41, 5.74) is 1.21. The van der Waals surface area contributed by atoms with E-state index in [-0.39, 0.29) is 23.5 Å². The number of benzene rings is 1. The zero-order valence-corrected chi connectivity index (χ0v) is 17.3. The van der Waals surface area contributed by atoms with Gasteiger partial charge in [-0.15, -0.1) is 0 Å². The van der Waals surface area contributed by atoms with Gasteiger partial charge >= 0.3 is 0 Å². The Bertz CT molecular complexity index is 721. The van der Waals surface area contributed by atoms with Crippen molar-refractivity contribution < 1.29 is 14.7 Å². The number of aliphatic hydroxyl groups excluding tert-OH is 1. The van der Waals surface area contributed by atoms with Crippen LogP contribution in [0.5, 0.6) is 0 Å². The van der Waals surface area contributed by atoms with Gasteiger partial charge in [-0.1, -0.05) is 60.7 Å². The van der Waals surface area contributed by atoms with E-state index in [1.165, 1.54) is 5.56 Å². The molecule has 0 saturated carbocycles. The van der Waals surface area contributed by atoms with E-state index in [2.05, 4.69) is 23.5 Å². The summed E-state index contributed by atoms with van der Waals surface area (Å²) in [6, 6.07) is 10.1. The third-order valence-electron chi connectivity index (χ3n) is 5.15. The van der Waals surface area contributed by atoms with Crippen LogP contribution >= 0.6 is 0 Å². The first-order chi connectivity index (χ1) is 14.1. The summed E-state index contributed by atoms with van der Waals surface area (Å²) in [4.78, 5) is 23.6. The largest absolute Gasteiger partial charge is 0.389 e. The van der Waals surface area contributed by atoms with Crippen LogP contribution in [0.3, 0.4) is 0 Å². The molecule has 1 aromatic rings. The van der Waals surface area contributed by atoms with Gasteiger partial charge < -0.3 is 10.4 Å². The molecule has 0 heterocycles. The minimum Gasteiger partial charge on any atom is -0.389 e. The molecule has 1 amide bonds. The molecule has 29 heavy (non-hydrogen) atoms. The second-order valence-electron chi connectivity index (χ2n) is 7.47. The number of hydrogen-bond acceptors (Lipinski definition) is 3. The SMILES string of the molecule is CCNC(=O)CCCC=CC[C@H]1C(=O)C=C[C@@H]1/C=C/[C@@H](O)CCc1ccccc1. The number of unbranched alkanes of at least 4 members (excludes halogenated alkanes) is 1. The van der Waals surface area contributed by atoms with Gasteiger partial charge in [0.25, 0.3) is 0 Å². The lowest BCUT2D eigenvalue weighted by Crippen LogP contribution is -2.21. The quantitative estimate of drug-likeness (QED) is 0.412. The van der Waals surface area contributed by atoms with Crippen molar-refractivity contribution in [2.45, 2.75) is 51.6 Å². The zero-order chi connectivity index (χ0) is 20.9. The minimum absolute atomic E-state index is 0.0360. The van der Waals surface area contributed by atoms with Gasteiger partial charge in [0.05, 0.1) is 6.10 Å². The predicted molar refractivity (Wildman–Crippen MR) is 117 cm³/mol. The van der Waals surface area contributed by atoms with Gasteiger partial charge in [-0.2, -0.15) is 0 Å². The monoisotopic (exact) mass is 395 g/mol. The summed E-state index contributed by atoms with van der Waals surface area (Å²) in [6.45, 7) is 2.58. The molecule has 0 aliphatic heterocycles. The van der Waals surface area contributed by atoms with E-state index in [0.717, 1.165) is 19.3 Å². The van der Waals surface area contributed by atoms with Crippen molar-refractivity contribution in [2.24, 2.45) is 11.8 Å². The Kier molecular flexibility index (Phi) is 10.1. The van der Waals surface area contributed by atoms with Crippen LogP contribution in [-0.2, 0) is 16.0 Å². The number of aliphatic hydroxyl groups is 1. The Morgan fingerprint density at radius 1 is 1.24 bits per heavy atom. The molecule has 0 aromatic heterocycles. The summed E-state index contributed by atoms with van der Waals surface area (Å²) in [6.07, 6.45) is 15.3. The average Bonchev–Trinajstić information content (AvgIpc) is 3.08. The molecule has 0 saturated heterocycles. The minimum atomic E-state index is -0.509. The Balaban J connectivity index is 1.72. The number of ketones is 1. The molecule has 4 heteroatoms. The molecular formula is C25H33NO3. The zero-order valence-electron chi connectivity index (χ0n) is 17.3. The lowest BCUT2D eigenvalue weighted by Gasteiger charge is -2.13. The maximum absolute atomic E-state index is 12.2. The van der Waals surface area contributed by atoms with Gasteiger partial charge in [0, 0.05) is 24.8 Å². The fourth-order valence-electron chi connectivity index (χ4n) is 3.46. The molecule has 2 rings (SSSR count). The molecular weight excluding hydrogens is 362 g/mol. The van der Waals surface area contributed by atoms with Gasteiger partial charge in [-0.25, -0.2) is 0 Å². The lowest BCUT2D eigenvalue weighted by molar-refractivity contribution is -0.121.